The molecule has 94 valence electrons. The highest BCUT2D eigenvalue weighted by molar-refractivity contribution is 5.28. The molecule has 1 aliphatic heterocycles. The van der Waals surface area contributed by atoms with Gasteiger partial charge in [0.2, 0.25) is 0 Å². The molecule has 0 spiro atoms. The Morgan fingerprint density at radius 3 is 2.65 bits per heavy atom. The Bertz CT molecular complexity index is 346. The summed E-state index contributed by atoms with van der Waals surface area (Å²) in [7, 11) is 0. The number of nitrogens with one attached hydrogen (secondary N) is 2. The van der Waals surface area contributed by atoms with Crippen LogP contribution in [0.3, 0.4) is 0 Å². The quantitative estimate of drug-likeness (QED) is 0.837. The van der Waals surface area contributed by atoms with Crippen LogP contribution in [0.4, 0.5) is 0 Å². The Morgan fingerprint density at radius 1 is 1.12 bits per heavy atom. The minimum absolute atomic E-state index is 0.833. The second-order valence-corrected chi connectivity index (χ2v) is 5.44. The Labute approximate surface area is 104 Å². The number of rotatable bonds is 3. The lowest BCUT2D eigenvalue weighted by Gasteiger charge is -2.27. The molecule has 2 heterocycles. The molecular weight excluding hydrogens is 210 g/mol. The first-order valence-corrected chi connectivity index (χ1v) is 7.02. The fraction of sp³-hybridized carbons (Fsp3) is 0.714. The minimum Gasteiger partial charge on any atom is -0.367 e. The predicted octanol–water partition coefficient (Wildman–Crippen LogP) is 2.08. The van der Waals surface area contributed by atoms with E-state index in [1.165, 1.54) is 38.8 Å². The lowest BCUT2D eigenvalue weighted by molar-refractivity contribution is 0.232. The van der Waals surface area contributed by atoms with Gasteiger partial charge >= 0.3 is 0 Å². The third-order valence-electron chi connectivity index (χ3n) is 4.27. The molecule has 17 heavy (non-hydrogen) atoms. The first kappa shape index (κ1) is 11.3. The summed E-state index contributed by atoms with van der Waals surface area (Å²) in [5.41, 5.74) is 3.14. The lowest BCUT2D eigenvalue weighted by Crippen LogP contribution is -2.42. The van der Waals surface area contributed by atoms with Crippen LogP contribution in [-0.4, -0.2) is 36.1 Å². The Kier molecular flexibility index (Phi) is 3.48. The molecule has 0 atom stereocenters. The molecule has 3 rings (SSSR count). The molecule has 3 heteroatoms. The van der Waals surface area contributed by atoms with Crippen LogP contribution in [0.15, 0.2) is 12.4 Å². The number of hydrogen-bond donors (Lipinski definition) is 2. The van der Waals surface area contributed by atoms with Gasteiger partial charge in [-0.1, -0.05) is 12.8 Å². The highest BCUT2D eigenvalue weighted by Gasteiger charge is 2.21. The molecule has 0 aromatic carbocycles. The van der Waals surface area contributed by atoms with E-state index >= 15 is 0 Å². The molecule has 2 aliphatic rings. The molecular formula is C14H23N3. The van der Waals surface area contributed by atoms with Gasteiger partial charge < -0.3 is 10.3 Å². The van der Waals surface area contributed by atoms with Crippen LogP contribution in [0, 0.1) is 0 Å². The van der Waals surface area contributed by atoms with Gasteiger partial charge in [-0.3, -0.25) is 4.90 Å². The maximum atomic E-state index is 3.41. The van der Waals surface area contributed by atoms with Crippen molar-refractivity contribution in [3.63, 3.8) is 0 Å². The third-order valence-corrected chi connectivity index (χ3v) is 4.27. The van der Waals surface area contributed by atoms with Gasteiger partial charge in [0.1, 0.15) is 0 Å². The van der Waals surface area contributed by atoms with Crippen molar-refractivity contribution >= 4 is 0 Å². The van der Waals surface area contributed by atoms with Gasteiger partial charge in [-0.05, 0) is 29.9 Å². The van der Waals surface area contributed by atoms with Gasteiger partial charge in [0.25, 0.3) is 0 Å². The maximum Gasteiger partial charge on any atom is 0.0252 e. The summed E-state index contributed by atoms with van der Waals surface area (Å²) in [4.78, 5) is 5.89. The molecule has 2 fully saturated rings. The minimum atomic E-state index is 0.833. The van der Waals surface area contributed by atoms with E-state index < -0.39 is 0 Å². The van der Waals surface area contributed by atoms with E-state index in [1.807, 2.05) is 0 Å². The van der Waals surface area contributed by atoms with Crippen LogP contribution in [0.5, 0.6) is 0 Å². The van der Waals surface area contributed by atoms with Crippen molar-refractivity contribution in [1.29, 1.82) is 0 Å². The standard InChI is InChI=1S/C14H23N3/c1-2-4-12(3-1)14-10-16-9-13(14)11-17-7-5-15-6-8-17/h9-10,12,15-16H,1-8,11H2. The maximum absolute atomic E-state index is 3.41. The van der Waals surface area contributed by atoms with Crippen molar-refractivity contribution in [2.45, 2.75) is 38.1 Å². The number of H-pyrrole nitrogens is 1. The van der Waals surface area contributed by atoms with E-state index in [0.717, 1.165) is 25.6 Å². The fourth-order valence-corrected chi connectivity index (χ4v) is 3.27. The van der Waals surface area contributed by atoms with Crippen LogP contribution in [0.1, 0.15) is 42.7 Å². The van der Waals surface area contributed by atoms with E-state index in [9.17, 15) is 0 Å². The molecule has 0 amide bonds. The molecule has 1 saturated heterocycles. The first-order chi connectivity index (χ1) is 8.43. The second kappa shape index (κ2) is 5.23. The van der Waals surface area contributed by atoms with Crippen molar-refractivity contribution < 1.29 is 0 Å². The van der Waals surface area contributed by atoms with Gasteiger partial charge in [-0.15, -0.1) is 0 Å². The summed E-state index contributed by atoms with van der Waals surface area (Å²) < 4.78 is 0. The topological polar surface area (TPSA) is 31.1 Å². The second-order valence-electron chi connectivity index (χ2n) is 5.44. The van der Waals surface area contributed by atoms with Crippen LogP contribution in [0.25, 0.3) is 0 Å². The van der Waals surface area contributed by atoms with E-state index in [2.05, 4.69) is 27.6 Å². The number of aromatic nitrogens is 1. The Balaban J connectivity index is 1.67. The third kappa shape index (κ3) is 2.55. The van der Waals surface area contributed by atoms with Gasteiger partial charge in [-0.2, -0.15) is 0 Å². The Hall–Kier alpha value is -0.800. The first-order valence-electron chi connectivity index (χ1n) is 7.02. The van der Waals surface area contributed by atoms with Crippen molar-refractivity contribution in [3.05, 3.63) is 23.5 Å². The van der Waals surface area contributed by atoms with Gasteiger partial charge in [0.15, 0.2) is 0 Å². The highest BCUT2D eigenvalue weighted by Crippen LogP contribution is 2.36. The van der Waals surface area contributed by atoms with Crippen LogP contribution < -0.4 is 5.32 Å². The lowest BCUT2D eigenvalue weighted by atomic mass is 9.96. The zero-order chi connectivity index (χ0) is 11.5. The average Bonchev–Trinajstić information content (AvgIpc) is 3.00. The summed E-state index contributed by atoms with van der Waals surface area (Å²) in [5.74, 6) is 0.833. The van der Waals surface area contributed by atoms with Crippen LogP contribution in [-0.2, 0) is 6.54 Å². The molecule has 0 radical (unpaired) electrons. The summed E-state index contributed by atoms with van der Waals surface area (Å²) in [6, 6.07) is 0. The van der Waals surface area contributed by atoms with E-state index in [4.69, 9.17) is 0 Å². The van der Waals surface area contributed by atoms with Crippen molar-refractivity contribution in [1.82, 2.24) is 15.2 Å². The molecule has 0 unspecified atom stereocenters. The molecule has 3 nitrogen and oxygen atoms in total. The SMILES string of the molecule is c1[nH]cc(C2CCCC2)c1CN1CCNCC1. The molecule has 2 N–H and O–H groups in total. The molecule has 1 saturated carbocycles. The van der Waals surface area contributed by atoms with Crippen molar-refractivity contribution in [2.24, 2.45) is 0 Å². The summed E-state index contributed by atoms with van der Waals surface area (Å²) >= 11 is 0. The van der Waals surface area contributed by atoms with Gasteiger partial charge in [0.05, 0.1) is 0 Å². The number of piperazine rings is 1. The van der Waals surface area contributed by atoms with E-state index in [-0.39, 0.29) is 0 Å². The molecule has 1 aromatic rings. The predicted molar refractivity (Wildman–Crippen MR) is 70.1 cm³/mol. The van der Waals surface area contributed by atoms with Crippen LogP contribution >= 0.6 is 0 Å². The fourth-order valence-electron chi connectivity index (χ4n) is 3.27. The summed E-state index contributed by atoms with van der Waals surface area (Å²) in [5, 5.41) is 3.41. The van der Waals surface area contributed by atoms with E-state index in [0.29, 0.717) is 0 Å². The average molecular weight is 233 g/mol. The van der Waals surface area contributed by atoms with Crippen molar-refractivity contribution in [2.75, 3.05) is 26.2 Å². The zero-order valence-corrected chi connectivity index (χ0v) is 10.5. The highest BCUT2D eigenvalue weighted by atomic mass is 15.2. The molecule has 0 bridgehead atoms. The number of hydrogen-bond acceptors (Lipinski definition) is 2. The Morgan fingerprint density at radius 2 is 1.88 bits per heavy atom. The van der Waals surface area contributed by atoms with Gasteiger partial charge in [-0.25, -0.2) is 0 Å². The summed E-state index contributed by atoms with van der Waals surface area (Å²) in [6.45, 7) is 5.80. The number of aromatic amines is 1. The molecule has 1 aliphatic carbocycles. The molecule has 1 aromatic heterocycles. The normalized spacial score (nSPS) is 23.3. The van der Waals surface area contributed by atoms with Crippen LogP contribution in [0.2, 0.25) is 0 Å². The smallest absolute Gasteiger partial charge is 0.0252 e. The van der Waals surface area contributed by atoms with E-state index in [1.54, 1.807) is 11.1 Å². The largest absolute Gasteiger partial charge is 0.367 e. The summed E-state index contributed by atoms with van der Waals surface area (Å²) in [6.07, 6.45) is 10.1. The monoisotopic (exact) mass is 233 g/mol. The zero-order valence-electron chi connectivity index (χ0n) is 10.5. The van der Waals surface area contributed by atoms with Gasteiger partial charge in [0, 0.05) is 45.1 Å². The van der Waals surface area contributed by atoms with Crippen molar-refractivity contribution in [3.8, 4) is 0 Å². The number of nitrogens with zero attached hydrogens (tertiary/aromatic N) is 1.